The molecule has 3 saturated heterocycles. The minimum Gasteiger partial charge on any atom is -0.372 e. The van der Waals surface area contributed by atoms with Crippen LogP contribution in [-0.4, -0.2) is 72.2 Å². The molecule has 0 spiro atoms. The zero-order valence-corrected chi connectivity index (χ0v) is 8.33. The molecule has 3 unspecified atom stereocenters. The molecule has 3 aliphatic rings. The second-order valence-electron chi connectivity index (χ2n) is 4.23. The molecule has 3 heterocycles. The summed E-state index contributed by atoms with van der Waals surface area (Å²) in [5.41, 5.74) is 0. The van der Waals surface area contributed by atoms with E-state index >= 15 is 0 Å². The average molecular weight is 214 g/mol. The van der Waals surface area contributed by atoms with Gasteiger partial charge in [-0.3, -0.25) is 4.79 Å². The van der Waals surface area contributed by atoms with Gasteiger partial charge in [-0.1, -0.05) is 0 Å². The maximum absolute atomic E-state index is 11.6. The predicted molar refractivity (Wildman–Crippen MR) is 48.8 cm³/mol. The number of epoxide rings is 2. The summed E-state index contributed by atoms with van der Waals surface area (Å²) < 4.78 is 10.1. The Kier molecular flexibility index (Phi) is 2.17. The van der Waals surface area contributed by atoms with Gasteiger partial charge in [0.1, 0.15) is 0 Å². The predicted octanol–water partition coefficient (Wildman–Crippen LogP) is -1.80. The molecule has 3 aliphatic heterocycles. The smallest absolute Gasteiger partial charge is 0.240 e. The number of aliphatic hydroxyl groups excluding tert-OH is 1. The normalized spacial score (nSPS) is 39.9. The van der Waals surface area contributed by atoms with Crippen molar-refractivity contribution in [3.05, 3.63) is 0 Å². The van der Waals surface area contributed by atoms with E-state index < -0.39 is 6.35 Å². The van der Waals surface area contributed by atoms with Gasteiger partial charge in [0.2, 0.25) is 5.91 Å². The van der Waals surface area contributed by atoms with Crippen LogP contribution in [-0.2, 0) is 14.3 Å². The Hall–Kier alpha value is -0.690. The standard InChI is InChI=1S/C9H14N2O4/c12-8-3-10(1-6-4-14-6)9(13)11(8)2-7-5-15-7/h6-7,9,13H,1-5H2. The third-order valence-electron chi connectivity index (χ3n) is 2.91. The van der Waals surface area contributed by atoms with Crippen LogP contribution in [0.5, 0.6) is 0 Å². The van der Waals surface area contributed by atoms with Crippen LogP contribution in [0.2, 0.25) is 0 Å². The van der Waals surface area contributed by atoms with Crippen LogP contribution >= 0.6 is 0 Å². The number of nitrogens with zero attached hydrogens (tertiary/aromatic N) is 2. The number of carbonyl (C=O) groups is 1. The third-order valence-corrected chi connectivity index (χ3v) is 2.91. The molecule has 0 aromatic carbocycles. The van der Waals surface area contributed by atoms with Crippen LogP contribution in [0.25, 0.3) is 0 Å². The molecule has 0 aliphatic carbocycles. The zero-order valence-electron chi connectivity index (χ0n) is 8.33. The molecule has 15 heavy (non-hydrogen) atoms. The van der Waals surface area contributed by atoms with E-state index in [0.717, 1.165) is 6.61 Å². The number of aliphatic hydroxyl groups is 1. The summed E-state index contributed by atoms with van der Waals surface area (Å²) in [6.07, 6.45) is -0.476. The topological polar surface area (TPSA) is 68.8 Å². The van der Waals surface area contributed by atoms with Crippen molar-refractivity contribution in [2.45, 2.75) is 18.6 Å². The van der Waals surface area contributed by atoms with Crippen molar-refractivity contribution in [2.75, 3.05) is 32.8 Å². The fraction of sp³-hybridized carbons (Fsp3) is 0.889. The van der Waals surface area contributed by atoms with Gasteiger partial charge >= 0.3 is 0 Å². The van der Waals surface area contributed by atoms with Crippen molar-refractivity contribution in [2.24, 2.45) is 0 Å². The lowest BCUT2D eigenvalue weighted by Crippen LogP contribution is -2.42. The first-order valence-corrected chi connectivity index (χ1v) is 5.19. The second-order valence-corrected chi connectivity index (χ2v) is 4.23. The molecule has 1 amide bonds. The Morgan fingerprint density at radius 2 is 1.87 bits per heavy atom. The van der Waals surface area contributed by atoms with Crippen LogP contribution in [0.3, 0.4) is 0 Å². The second kappa shape index (κ2) is 3.41. The van der Waals surface area contributed by atoms with E-state index in [-0.39, 0.29) is 24.7 Å². The number of amides is 1. The van der Waals surface area contributed by atoms with Gasteiger partial charge in [0, 0.05) is 6.54 Å². The molecule has 0 aromatic heterocycles. The van der Waals surface area contributed by atoms with Gasteiger partial charge in [-0.2, -0.15) is 0 Å². The first-order valence-electron chi connectivity index (χ1n) is 5.19. The quantitative estimate of drug-likeness (QED) is 0.559. The lowest BCUT2D eigenvalue weighted by atomic mass is 10.4. The lowest BCUT2D eigenvalue weighted by Gasteiger charge is -2.23. The molecule has 0 aromatic rings. The van der Waals surface area contributed by atoms with Crippen LogP contribution in [0, 0.1) is 0 Å². The van der Waals surface area contributed by atoms with E-state index in [1.807, 2.05) is 0 Å². The minimum absolute atomic E-state index is 0.0290. The van der Waals surface area contributed by atoms with Crippen molar-refractivity contribution >= 4 is 5.91 Å². The van der Waals surface area contributed by atoms with Crippen molar-refractivity contribution in [1.82, 2.24) is 9.80 Å². The van der Waals surface area contributed by atoms with Crippen molar-refractivity contribution in [1.29, 1.82) is 0 Å². The highest BCUT2D eigenvalue weighted by Crippen LogP contribution is 2.21. The Bertz CT molecular complexity index is 277. The summed E-state index contributed by atoms with van der Waals surface area (Å²) in [4.78, 5) is 14.8. The molecule has 6 heteroatoms. The SMILES string of the molecule is O=C1CN(CC2CO2)C(O)N1CC1CO1. The average Bonchev–Trinajstić information content (AvgIpc) is 3.06. The van der Waals surface area contributed by atoms with E-state index in [2.05, 4.69) is 0 Å². The molecule has 6 nitrogen and oxygen atoms in total. The van der Waals surface area contributed by atoms with Gasteiger partial charge < -0.3 is 19.5 Å². The van der Waals surface area contributed by atoms with E-state index in [9.17, 15) is 9.90 Å². The molecule has 3 rings (SSSR count). The Labute approximate surface area is 87.3 Å². The molecule has 0 radical (unpaired) electrons. The maximum atomic E-state index is 11.6. The number of carbonyl (C=O) groups excluding carboxylic acids is 1. The van der Waals surface area contributed by atoms with E-state index in [1.165, 1.54) is 4.90 Å². The molecular formula is C9H14N2O4. The zero-order chi connectivity index (χ0) is 10.4. The molecular weight excluding hydrogens is 200 g/mol. The highest BCUT2D eigenvalue weighted by atomic mass is 16.6. The third kappa shape index (κ3) is 1.98. The molecule has 3 fully saturated rings. The largest absolute Gasteiger partial charge is 0.372 e. The van der Waals surface area contributed by atoms with Gasteiger partial charge in [-0.05, 0) is 0 Å². The van der Waals surface area contributed by atoms with Gasteiger partial charge in [0.15, 0.2) is 6.35 Å². The number of ether oxygens (including phenoxy) is 2. The van der Waals surface area contributed by atoms with Gasteiger partial charge in [-0.25, -0.2) is 4.90 Å². The molecule has 84 valence electrons. The Morgan fingerprint density at radius 1 is 1.27 bits per heavy atom. The van der Waals surface area contributed by atoms with Gasteiger partial charge in [0.25, 0.3) is 0 Å². The fourth-order valence-electron chi connectivity index (χ4n) is 1.85. The summed E-state index contributed by atoms with van der Waals surface area (Å²) in [6.45, 7) is 2.86. The monoisotopic (exact) mass is 214 g/mol. The number of hydrogen-bond acceptors (Lipinski definition) is 5. The number of rotatable bonds is 4. The van der Waals surface area contributed by atoms with E-state index in [4.69, 9.17) is 9.47 Å². The van der Waals surface area contributed by atoms with Gasteiger partial charge in [0.05, 0.1) is 38.5 Å². The molecule has 3 atom stereocenters. The maximum Gasteiger partial charge on any atom is 0.240 e. The lowest BCUT2D eigenvalue weighted by molar-refractivity contribution is -0.135. The van der Waals surface area contributed by atoms with Crippen molar-refractivity contribution < 1.29 is 19.4 Å². The molecule has 1 N–H and O–H groups in total. The first-order chi connectivity index (χ1) is 7.24. The van der Waals surface area contributed by atoms with Crippen LogP contribution in [0.1, 0.15) is 0 Å². The summed E-state index contributed by atoms with van der Waals surface area (Å²) in [7, 11) is 0. The van der Waals surface area contributed by atoms with Crippen LogP contribution in [0.4, 0.5) is 0 Å². The molecule has 0 saturated carbocycles. The summed E-state index contributed by atoms with van der Waals surface area (Å²) >= 11 is 0. The van der Waals surface area contributed by atoms with Gasteiger partial charge in [-0.15, -0.1) is 0 Å². The van der Waals surface area contributed by atoms with Crippen molar-refractivity contribution in [3.8, 4) is 0 Å². The fourth-order valence-corrected chi connectivity index (χ4v) is 1.85. The van der Waals surface area contributed by atoms with Crippen LogP contribution in [0.15, 0.2) is 0 Å². The van der Waals surface area contributed by atoms with E-state index in [0.29, 0.717) is 19.7 Å². The first kappa shape index (κ1) is 9.53. The summed E-state index contributed by atoms with van der Waals surface area (Å²) in [6, 6.07) is 0. The number of hydrogen-bond donors (Lipinski definition) is 1. The van der Waals surface area contributed by atoms with Crippen LogP contribution < -0.4 is 0 Å². The summed E-state index contributed by atoms with van der Waals surface area (Å²) in [5.74, 6) is -0.0290. The summed E-state index contributed by atoms with van der Waals surface area (Å²) in [5, 5.41) is 9.89. The Balaban J connectivity index is 1.59. The minimum atomic E-state index is -0.800. The molecule has 0 bridgehead atoms. The van der Waals surface area contributed by atoms with E-state index in [1.54, 1.807) is 4.90 Å². The highest BCUT2D eigenvalue weighted by molar-refractivity contribution is 5.80. The highest BCUT2D eigenvalue weighted by Gasteiger charge is 2.42. The van der Waals surface area contributed by atoms with Crippen molar-refractivity contribution in [3.63, 3.8) is 0 Å². The Morgan fingerprint density at radius 3 is 2.47 bits per heavy atom.